The van der Waals surface area contributed by atoms with Crippen molar-refractivity contribution in [3.05, 3.63) is 64.3 Å². The first-order valence-corrected chi connectivity index (χ1v) is 10.9. The lowest BCUT2D eigenvalue weighted by Crippen LogP contribution is -2.40. The highest BCUT2D eigenvalue weighted by molar-refractivity contribution is 9.10. The summed E-state index contributed by atoms with van der Waals surface area (Å²) < 4.78 is 0.953. The summed E-state index contributed by atoms with van der Waals surface area (Å²) in [6.45, 7) is 7.98. The van der Waals surface area contributed by atoms with Gasteiger partial charge in [-0.2, -0.15) is 5.26 Å². The van der Waals surface area contributed by atoms with E-state index in [9.17, 15) is 10.1 Å². The number of anilines is 2. The van der Waals surface area contributed by atoms with Crippen molar-refractivity contribution in [2.24, 2.45) is 11.8 Å². The van der Waals surface area contributed by atoms with Gasteiger partial charge < -0.3 is 0 Å². The minimum absolute atomic E-state index is 0.0980. The molecule has 0 N–H and O–H groups in total. The number of carbonyl (C=O) groups excluding carboxylic acids is 1. The topological polar surface area (TPSA) is 57.0 Å². The number of rotatable bonds is 3. The van der Waals surface area contributed by atoms with E-state index in [0.717, 1.165) is 37.9 Å². The Labute approximate surface area is 185 Å². The molecule has 1 atom stereocenters. The van der Waals surface area contributed by atoms with Crippen molar-refractivity contribution in [2.45, 2.75) is 39.5 Å². The number of benzene rings is 2. The number of nitrogens with zero attached hydrogens (tertiary/aromatic N) is 3. The van der Waals surface area contributed by atoms with E-state index in [1.54, 1.807) is 0 Å². The standard InChI is InChI=1S/C25H24BrN3O/c1-15(2)20-11-16-13-28-22-10-7-18(26)12-21(22)23(16)29(24(20)30)19-8-5-17(6-9-19)25(3,4)14-27/h5-10,12-13,15,20H,11H2,1-4H3. The number of hydrogen-bond donors (Lipinski definition) is 0. The number of aromatic nitrogens is 1. The molecule has 3 aromatic rings. The molecule has 4 rings (SSSR count). The first kappa shape index (κ1) is 20.6. The Bertz CT molecular complexity index is 1180. The van der Waals surface area contributed by atoms with E-state index < -0.39 is 5.41 Å². The van der Waals surface area contributed by atoms with Crippen LogP contribution in [0.15, 0.2) is 53.1 Å². The third kappa shape index (κ3) is 3.40. The van der Waals surface area contributed by atoms with Gasteiger partial charge in [0, 0.05) is 27.7 Å². The van der Waals surface area contributed by atoms with Crippen molar-refractivity contribution >= 4 is 44.1 Å². The summed E-state index contributed by atoms with van der Waals surface area (Å²) in [6.07, 6.45) is 2.60. The van der Waals surface area contributed by atoms with Gasteiger partial charge >= 0.3 is 0 Å². The van der Waals surface area contributed by atoms with Crippen molar-refractivity contribution in [1.82, 2.24) is 4.98 Å². The molecule has 2 heterocycles. The maximum atomic E-state index is 13.6. The van der Waals surface area contributed by atoms with Crippen LogP contribution >= 0.6 is 15.9 Å². The quantitative estimate of drug-likeness (QED) is 0.460. The molecule has 152 valence electrons. The summed E-state index contributed by atoms with van der Waals surface area (Å²) in [5.41, 5.74) is 4.03. The second kappa shape index (κ2) is 7.52. The highest BCUT2D eigenvalue weighted by Crippen LogP contribution is 2.43. The number of carbonyl (C=O) groups is 1. The number of amides is 1. The fourth-order valence-electron chi connectivity index (χ4n) is 4.07. The third-order valence-corrected chi connectivity index (χ3v) is 6.50. The molecule has 0 fully saturated rings. The summed E-state index contributed by atoms with van der Waals surface area (Å²) in [6, 6.07) is 16.1. The molecular formula is C25H24BrN3O. The predicted molar refractivity (Wildman–Crippen MR) is 124 cm³/mol. The van der Waals surface area contributed by atoms with Crippen LogP contribution in [0.5, 0.6) is 0 Å². The maximum absolute atomic E-state index is 13.6. The van der Waals surface area contributed by atoms with Crippen LogP contribution in [0.3, 0.4) is 0 Å². The van der Waals surface area contributed by atoms with Crippen molar-refractivity contribution in [3.8, 4) is 6.07 Å². The Morgan fingerprint density at radius 3 is 2.53 bits per heavy atom. The van der Waals surface area contributed by atoms with E-state index in [0.29, 0.717) is 6.42 Å². The van der Waals surface area contributed by atoms with Gasteiger partial charge in [-0.25, -0.2) is 0 Å². The summed E-state index contributed by atoms with van der Waals surface area (Å²) in [5, 5.41) is 10.4. The van der Waals surface area contributed by atoms with Gasteiger partial charge in [-0.3, -0.25) is 14.7 Å². The number of fused-ring (bicyclic) bond motifs is 3. The lowest BCUT2D eigenvalue weighted by molar-refractivity contribution is -0.123. The SMILES string of the molecule is CC(C)C1Cc2cnc3ccc(Br)cc3c2N(c2ccc(C(C)(C)C#N)cc2)C1=O. The second-order valence-corrected chi connectivity index (χ2v) is 9.72. The average molecular weight is 462 g/mol. The first-order valence-electron chi connectivity index (χ1n) is 10.2. The smallest absolute Gasteiger partial charge is 0.235 e. The van der Waals surface area contributed by atoms with Gasteiger partial charge in [0.05, 0.1) is 22.7 Å². The van der Waals surface area contributed by atoms with E-state index in [1.807, 2.05) is 67.4 Å². The van der Waals surface area contributed by atoms with Gasteiger partial charge in [0.25, 0.3) is 0 Å². The molecule has 0 saturated heterocycles. The third-order valence-electron chi connectivity index (χ3n) is 6.01. The highest BCUT2D eigenvalue weighted by atomic mass is 79.9. The lowest BCUT2D eigenvalue weighted by atomic mass is 9.83. The second-order valence-electron chi connectivity index (χ2n) is 8.81. The highest BCUT2D eigenvalue weighted by Gasteiger charge is 2.37. The van der Waals surface area contributed by atoms with E-state index in [-0.39, 0.29) is 17.7 Å². The van der Waals surface area contributed by atoms with E-state index in [2.05, 4.69) is 40.8 Å². The summed E-state index contributed by atoms with van der Waals surface area (Å²) in [5.74, 6) is 0.236. The molecule has 1 aliphatic rings. The zero-order chi connectivity index (χ0) is 21.6. The molecule has 4 nitrogen and oxygen atoms in total. The van der Waals surface area contributed by atoms with E-state index in [4.69, 9.17) is 0 Å². The summed E-state index contributed by atoms with van der Waals surface area (Å²) in [4.78, 5) is 20.1. The molecule has 1 aromatic heterocycles. The molecule has 5 heteroatoms. The molecule has 0 spiro atoms. The van der Waals surface area contributed by atoms with Gasteiger partial charge in [0.15, 0.2) is 0 Å². The number of pyridine rings is 1. The molecule has 30 heavy (non-hydrogen) atoms. The maximum Gasteiger partial charge on any atom is 0.235 e. The Kier molecular flexibility index (Phi) is 5.15. The van der Waals surface area contributed by atoms with Crippen LogP contribution in [0.25, 0.3) is 10.9 Å². The zero-order valence-corrected chi connectivity index (χ0v) is 19.2. The minimum Gasteiger partial charge on any atom is -0.280 e. The van der Waals surface area contributed by atoms with E-state index in [1.165, 1.54) is 0 Å². The van der Waals surface area contributed by atoms with Crippen molar-refractivity contribution in [2.75, 3.05) is 4.90 Å². The summed E-state index contributed by atoms with van der Waals surface area (Å²) >= 11 is 3.56. The van der Waals surface area contributed by atoms with Crippen LogP contribution in [0.1, 0.15) is 38.8 Å². The van der Waals surface area contributed by atoms with Crippen LogP contribution in [-0.2, 0) is 16.6 Å². The first-order chi connectivity index (χ1) is 14.2. The normalized spacial score (nSPS) is 16.6. The molecule has 0 aliphatic carbocycles. The van der Waals surface area contributed by atoms with Crippen LogP contribution in [0, 0.1) is 23.2 Å². The fraction of sp³-hybridized carbons (Fsp3) is 0.320. The fourth-order valence-corrected chi connectivity index (χ4v) is 4.44. The van der Waals surface area contributed by atoms with Gasteiger partial charge in [-0.05, 0) is 67.6 Å². The zero-order valence-electron chi connectivity index (χ0n) is 17.6. The molecule has 2 aromatic carbocycles. The van der Waals surface area contributed by atoms with Crippen LogP contribution in [0.2, 0.25) is 0 Å². The van der Waals surface area contributed by atoms with Gasteiger partial charge in [-0.15, -0.1) is 0 Å². The molecule has 1 amide bonds. The van der Waals surface area contributed by atoms with E-state index >= 15 is 0 Å². The Hall–Kier alpha value is -2.71. The number of halogens is 1. The Morgan fingerprint density at radius 1 is 1.20 bits per heavy atom. The molecule has 0 radical (unpaired) electrons. The van der Waals surface area contributed by atoms with Crippen molar-refractivity contribution in [1.29, 1.82) is 5.26 Å². The lowest BCUT2D eigenvalue weighted by Gasteiger charge is -2.36. The van der Waals surface area contributed by atoms with Gasteiger partial charge in [-0.1, -0.05) is 41.9 Å². The van der Waals surface area contributed by atoms with Crippen LogP contribution < -0.4 is 4.90 Å². The average Bonchev–Trinajstić information content (AvgIpc) is 2.73. The van der Waals surface area contributed by atoms with Crippen LogP contribution in [-0.4, -0.2) is 10.9 Å². The molecular weight excluding hydrogens is 438 g/mol. The monoisotopic (exact) mass is 461 g/mol. The van der Waals surface area contributed by atoms with Crippen molar-refractivity contribution in [3.63, 3.8) is 0 Å². The van der Waals surface area contributed by atoms with Crippen LogP contribution in [0.4, 0.5) is 11.4 Å². The summed E-state index contributed by atoms with van der Waals surface area (Å²) in [7, 11) is 0. The number of hydrogen-bond acceptors (Lipinski definition) is 3. The largest absolute Gasteiger partial charge is 0.280 e. The van der Waals surface area contributed by atoms with Crippen molar-refractivity contribution < 1.29 is 4.79 Å². The van der Waals surface area contributed by atoms with Gasteiger partial charge in [0.2, 0.25) is 5.91 Å². The Balaban J connectivity index is 1.93. The number of nitriles is 1. The minimum atomic E-state index is -0.579. The molecule has 0 saturated carbocycles. The molecule has 0 bridgehead atoms. The molecule has 1 unspecified atom stereocenters. The Morgan fingerprint density at radius 2 is 1.90 bits per heavy atom. The van der Waals surface area contributed by atoms with Gasteiger partial charge in [0.1, 0.15) is 0 Å². The molecule has 1 aliphatic heterocycles. The predicted octanol–water partition coefficient (Wildman–Crippen LogP) is 6.29.